The maximum Gasteiger partial charge on any atom is 0.318 e. The number of carbonyl (C=O) groups is 2. The van der Waals surface area contributed by atoms with Gasteiger partial charge in [-0.1, -0.05) is 24.8 Å². The molecule has 1 aromatic carbocycles. The number of nitrogens with one attached hydrogen (secondary N) is 1. The molecular weight excluding hydrogens is 270 g/mol. The molecule has 114 valence electrons. The molecule has 0 bridgehead atoms. The Morgan fingerprint density at radius 2 is 2.05 bits per heavy atom. The number of rotatable bonds is 7. The number of carbonyl (C=O) groups excluding carboxylic acids is 2. The van der Waals surface area contributed by atoms with Gasteiger partial charge in [-0.3, -0.25) is 15.0 Å². The Morgan fingerprint density at radius 1 is 1.43 bits per heavy atom. The summed E-state index contributed by atoms with van der Waals surface area (Å²) in [5.74, 6) is 0.344. The van der Waals surface area contributed by atoms with Gasteiger partial charge in [0.15, 0.2) is 0 Å². The predicted molar refractivity (Wildman–Crippen MR) is 80.8 cm³/mol. The van der Waals surface area contributed by atoms with E-state index in [1.54, 1.807) is 20.0 Å². The maximum absolute atomic E-state index is 11.7. The number of likely N-dealkylation sites (N-methyl/N-ethyl adjacent to an activating group) is 1. The lowest BCUT2D eigenvalue weighted by atomic mass is 10.2. The quantitative estimate of drug-likeness (QED) is 0.741. The first kappa shape index (κ1) is 16.7. The Bertz CT molecular complexity index is 499. The molecule has 0 radical (unpaired) electrons. The average molecular weight is 291 g/mol. The molecule has 0 saturated heterocycles. The highest BCUT2D eigenvalue weighted by Crippen LogP contribution is 2.14. The Morgan fingerprint density at radius 3 is 2.57 bits per heavy atom. The summed E-state index contributed by atoms with van der Waals surface area (Å²) in [6, 6.07) is 6.27. The summed E-state index contributed by atoms with van der Waals surface area (Å²) in [6.07, 6.45) is 1.68. The second-order valence-electron chi connectivity index (χ2n) is 4.69. The second kappa shape index (κ2) is 8.06. The Balaban J connectivity index is 2.57. The van der Waals surface area contributed by atoms with Crippen LogP contribution in [-0.2, 0) is 11.3 Å². The lowest BCUT2D eigenvalue weighted by Crippen LogP contribution is -2.46. The summed E-state index contributed by atoms with van der Waals surface area (Å²) in [5, 5.41) is 2.07. The van der Waals surface area contributed by atoms with Crippen LogP contribution in [0, 0.1) is 0 Å². The van der Waals surface area contributed by atoms with Gasteiger partial charge in [0, 0.05) is 6.54 Å². The molecule has 1 rings (SSSR count). The van der Waals surface area contributed by atoms with Gasteiger partial charge in [-0.05, 0) is 31.7 Å². The number of nitrogens with two attached hydrogens (primary N) is 1. The number of imide groups is 1. The van der Waals surface area contributed by atoms with E-state index < -0.39 is 18.0 Å². The van der Waals surface area contributed by atoms with Gasteiger partial charge in [-0.15, -0.1) is 0 Å². The summed E-state index contributed by atoms with van der Waals surface area (Å²) >= 11 is 0. The first-order chi connectivity index (χ1) is 9.93. The topological polar surface area (TPSA) is 84.7 Å². The van der Waals surface area contributed by atoms with Gasteiger partial charge in [0.25, 0.3) is 0 Å². The molecule has 1 atom stereocenters. The normalized spacial score (nSPS) is 11.8. The van der Waals surface area contributed by atoms with Crippen molar-refractivity contribution in [3.63, 3.8) is 0 Å². The van der Waals surface area contributed by atoms with E-state index in [2.05, 4.69) is 11.9 Å². The van der Waals surface area contributed by atoms with E-state index >= 15 is 0 Å². The van der Waals surface area contributed by atoms with E-state index in [1.165, 1.54) is 0 Å². The third kappa shape index (κ3) is 5.66. The van der Waals surface area contributed by atoms with E-state index in [0.29, 0.717) is 13.2 Å². The van der Waals surface area contributed by atoms with Crippen molar-refractivity contribution in [1.82, 2.24) is 10.2 Å². The summed E-state index contributed by atoms with van der Waals surface area (Å²) in [7, 11) is 1.80. The van der Waals surface area contributed by atoms with Crippen molar-refractivity contribution in [2.75, 3.05) is 13.7 Å². The van der Waals surface area contributed by atoms with Crippen molar-refractivity contribution in [2.45, 2.75) is 19.5 Å². The van der Waals surface area contributed by atoms with Crippen LogP contribution in [0.25, 0.3) is 0 Å². The minimum atomic E-state index is -0.844. The molecule has 3 N–H and O–H groups in total. The predicted octanol–water partition coefficient (Wildman–Crippen LogP) is 1.27. The fraction of sp³-hybridized carbons (Fsp3) is 0.333. The minimum Gasteiger partial charge on any atom is -0.490 e. The van der Waals surface area contributed by atoms with Crippen LogP contribution in [0.4, 0.5) is 4.79 Å². The number of hydrogen-bond acceptors (Lipinski definition) is 4. The third-order valence-corrected chi connectivity index (χ3v) is 3.01. The highest BCUT2D eigenvalue weighted by molar-refractivity contribution is 5.96. The van der Waals surface area contributed by atoms with E-state index in [0.717, 1.165) is 11.3 Å². The SMILES string of the molecule is C=CCOc1ccc(CN(C)[C@@H](C)C(=O)NC(N)=O)cc1. The second-order valence-corrected chi connectivity index (χ2v) is 4.69. The highest BCUT2D eigenvalue weighted by atomic mass is 16.5. The van der Waals surface area contributed by atoms with E-state index in [-0.39, 0.29) is 0 Å². The largest absolute Gasteiger partial charge is 0.490 e. The molecule has 0 spiro atoms. The highest BCUT2D eigenvalue weighted by Gasteiger charge is 2.19. The van der Waals surface area contributed by atoms with Crippen LogP contribution in [0.2, 0.25) is 0 Å². The number of nitrogens with zero attached hydrogens (tertiary/aromatic N) is 1. The van der Waals surface area contributed by atoms with Crippen LogP contribution in [0.15, 0.2) is 36.9 Å². The lowest BCUT2D eigenvalue weighted by molar-refractivity contribution is -0.124. The zero-order chi connectivity index (χ0) is 15.8. The van der Waals surface area contributed by atoms with Crippen molar-refractivity contribution in [2.24, 2.45) is 5.73 Å². The molecule has 0 aliphatic carbocycles. The average Bonchev–Trinajstić information content (AvgIpc) is 2.45. The van der Waals surface area contributed by atoms with E-state index in [9.17, 15) is 9.59 Å². The first-order valence-electron chi connectivity index (χ1n) is 6.57. The summed E-state index contributed by atoms with van der Waals surface area (Å²) in [6.45, 7) is 6.32. The number of benzene rings is 1. The van der Waals surface area contributed by atoms with E-state index in [4.69, 9.17) is 10.5 Å². The monoisotopic (exact) mass is 291 g/mol. The molecule has 0 fully saturated rings. The number of primary amides is 1. The van der Waals surface area contributed by atoms with Crippen LogP contribution in [0.5, 0.6) is 5.75 Å². The van der Waals surface area contributed by atoms with Crippen molar-refractivity contribution in [3.8, 4) is 5.75 Å². The van der Waals surface area contributed by atoms with Crippen LogP contribution >= 0.6 is 0 Å². The number of amides is 3. The molecule has 6 heteroatoms. The Kier molecular flexibility index (Phi) is 6.42. The van der Waals surface area contributed by atoms with Crippen molar-refractivity contribution in [3.05, 3.63) is 42.5 Å². The van der Waals surface area contributed by atoms with Gasteiger partial charge >= 0.3 is 6.03 Å². The van der Waals surface area contributed by atoms with Crippen molar-refractivity contribution >= 4 is 11.9 Å². The van der Waals surface area contributed by atoms with Crippen molar-refractivity contribution in [1.29, 1.82) is 0 Å². The molecule has 0 aromatic heterocycles. The smallest absolute Gasteiger partial charge is 0.318 e. The maximum atomic E-state index is 11.7. The summed E-state index contributed by atoms with van der Waals surface area (Å²) in [4.78, 5) is 24.2. The van der Waals surface area contributed by atoms with Crippen LogP contribution < -0.4 is 15.8 Å². The molecule has 0 heterocycles. The van der Waals surface area contributed by atoms with Gasteiger partial charge in [-0.25, -0.2) is 4.79 Å². The Labute approximate surface area is 124 Å². The number of ether oxygens (including phenoxy) is 1. The molecule has 0 unspecified atom stereocenters. The molecule has 0 aliphatic rings. The standard InChI is InChI=1S/C15H21N3O3/c1-4-9-21-13-7-5-12(6-8-13)10-18(3)11(2)14(19)17-15(16)20/h4-8,11H,1,9-10H2,2-3H3,(H3,16,17,19,20)/t11-/m0/s1. The molecule has 1 aromatic rings. The van der Waals surface area contributed by atoms with Gasteiger partial charge in [0.05, 0.1) is 6.04 Å². The fourth-order valence-corrected chi connectivity index (χ4v) is 1.70. The van der Waals surface area contributed by atoms with Gasteiger partial charge in [0.2, 0.25) is 5.91 Å². The fourth-order valence-electron chi connectivity index (χ4n) is 1.70. The van der Waals surface area contributed by atoms with Crippen LogP contribution in [0.3, 0.4) is 0 Å². The molecule has 0 saturated carbocycles. The zero-order valence-corrected chi connectivity index (χ0v) is 12.3. The number of urea groups is 1. The third-order valence-electron chi connectivity index (χ3n) is 3.01. The van der Waals surface area contributed by atoms with Gasteiger partial charge in [-0.2, -0.15) is 0 Å². The summed E-state index contributed by atoms with van der Waals surface area (Å²) < 4.78 is 5.40. The molecular formula is C15H21N3O3. The first-order valence-corrected chi connectivity index (χ1v) is 6.57. The lowest BCUT2D eigenvalue weighted by Gasteiger charge is -2.23. The van der Waals surface area contributed by atoms with Gasteiger partial charge < -0.3 is 10.5 Å². The molecule has 3 amide bonds. The van der Waals surface area contributed by atoms with Crippen molar-refractivity contribution < 1.29 is 14.3 Å². The Hall–Kier alpha value is -2.34. The summed E-state index contributed by atoms with van der Waals surface area (Å²) in [5.41, 5.74) is 5.96. The number of hydrogen-bond donors (Lipinski definition) is 2. The van der Waals surface area contributed by atoms with Crippen LogP contribution in [-0.4, -0.2) is 36.5 Å². The molecule has 6 nitrogen and oxygen atoms in total. The zero-order valence-electron chi connectivity index (χ0n) is 12.3. The van der Waals surface area contributed by atoms with E-state index in [1.807, 2.05) is 29.2 Å². The molecule has 21 heavy (non-hydrogen) atoms. The van der Waals surface area contributed by atoms with Crippen LogP contribution in [0.1, 0.15) is 12.5 Å². The minimum absolute atomic E-state index is 0.420. The van der Waals surface area contributed by atoms with Gasteiger partial charge in [0.1, 0.15) is 12.4 Å². The molecule has 0 aliphatic heterocycles.